The molecule has 1 fully saturated rings. The Bertz CT molecular complexity index is 2640. The number of rotatable bonds is 18. The number of aromatic amines is 1. The molecule has 5 rings (SSSR count). The molecule has 0 spiro atoms. The van der Waals surface area contributed by atoms with E-state index >= 15 is 9.59 Å². The molecule has 75 heavy (non-hydrogen) atoms. The predicted octanol–water partition coefficient (Wildman–Crippen LogP) is 0.704. The van der Waals surface area contributed by atoms with E-state index in [1.54, 1.807) is 50.4 Å². The summed E-state index contributed by atoms with van der Waals surface area (Å²) in [7, 11) is 3.28. The number of carboxylic acid groups (broad SMARTS) is 2. The first-order chi connectivity index (χ1) is 35.8. The van der Waals surface area contributed by atoms with Gasteiger partial charge in [-0.2, -0.15) is 0 Å². The monoisotopic (exact) mass is 1070 g/mol. The number of hydrogen-bond donors (Lipinski definition) is 12. The summed E-state index contributed by atoms with van der Waals surface area (Å²) in [4.78, 5) is 129. The van der Waals surface area contributed by atoms with E-state index in [0.29, 0.717) is 29.5 Å². The lowest BCUT2D eigenvalue weighted by atomic mass is 9.99. The number of aromatic hydroxyl groups is 1. The van der Waals surface area contributed by atoms with Crippen LogP contribution in [0.5, 0.6) is 5.75 Å². The van der Waals surface area contributed by atoms with Crippen molar-refractivity contribution < 1.29 is 58.5 Å². The second-order valence-electron chi connectivity index (χ2n) is 18.5. The Morgan fingerprint density at radius 3 is 2.03 bits per heavy atom. The maximum Gasteiger partial charge on any atom is 0.326 e. The number of unbranched alkanes of at least 4 members (excludes halogenated alkanes) is 1. The molecule has 8 atom stereocenters. The molecule has 1 aliphatic heterocycles. The normalized spacial score (nSPS) is 21.5. The summed E-state index contributed by atoms with van der Waals surface area (Å²) in [5.74, 6) is -9.96. The number of nitrogens with zero attached hydrogens (tertiary/aromatic N) is 1. The maximum atomic E-state index is 15.1. The number of fused-ring (bicyclic) bond motifs is 1. The van der Waals surface area contributed by atoms with Gasteiger partial charge in [0.25, 0.3) is 0 Å². The molecule has 22 nitrogen and oxygen atoms in total. The molecule has 1 aliphatic rings. The largest absolute Gasteiger partial charge is 0.508 e. The summed E-state index contributed by atoms with van der Waals surface area (Å²) in [6.07, 6.45) is 1.35. The van der Waals surface area contributed by atoms with Crippen molar-refractivity contribution in [3.05, 3.63) is 102 Å². The van der Waals surface area contributed by atoms with Crippen LogP contribution in [0.4, 0.5) is 0 Å². The van der Waals surface area contributed by atoms with Crippen LogP contribution in [0.2, 0.25) is 0 Å². The number of amides is 7. The van der Waals surface area contributed by atoms with Gasteiger partial charge in [-0.3, -0.25) is 38.4 Å². The van der Waals surface area contributed by atoms with Gasteiger partial charge in [-0.05, 0) is 66.6 Å². The highest BCUT2D eigenvalue weighted by molar-refractivity contribution is 8.76. The maximum absolute atomic E-state index is 15.1. The van der Waals surface area contributed by atoms with Crippen LogP contribution in [-0.4, -0.2) is 152 Å². The molecule has 0 saturated carbocycles. The minimum atomic E-state index is -1.59. The number of hydrogen-bond acceptors (Lipinski definition) is 14. The number of nitrogens with two attached hydrogens (primary N) is 2. The second kappa shape index (κ2) is 28.5. The van der Waals surface area contributed by atoms with Crippen molar-refractivity contribution in [3.8, 4) is 5.75 Å². The van der Waals surface area contributed by atoms with E-state index in [2.05, 4.69) is 36.9 Å². The number of H-pyrrole nitrogens is 1. The van der Waals surface area contributed by atoms with Gasteiger partial charge in [0.05, 0.1) is 12.5 Å². The van der Waals surface area contributed by atoms with Crippen LogP contribution < -0.4 is 43.4 Å². The molecular formula is C51H66N10O12S2. The summed E-state index contributed by atoms with van der Waals surface area (Å²) in [5.41, 5.74) is 14.2. The lowest BCUT2D eigenvalue weighted by Gasteiger charge is -2.33. The van der Waals surface area contributed by atoms with Crippen LogP contribution in [0.1, 0.15) is 56.2 Å². The van der Waals surface area contributed by atoms with Crippen molar-refractivity contribution in [1.82, 2.24) is 41.8 Å². The van der Waals surface area contributed by atoms with E-state index in [9.17, 15) is 48.9 Å². The zero-order chi connectivity index (χ0) is 54.8. The molecule has 0 bridgehead atoms. The van der Waals surface area contributed by atoms with Crippen LogP contribution in [0.15, 0.2) is 85.1 Å². The molecule has 404 valence electrons. The second-order valence-corrected chi connectivity index (χ2v) is 21.1. The highest BCUT2D eigenvalue weighted by Crippen LogP contribution is 2.25. The van der Waals surface area contributed by atoms with Gasteiger partial charge in [0.2, 0.25) is 41.4 Å². The molecule has 0 unspecified atom stereocenters. The fourth-order valence-corrected chi connectivity index (χ4v) is 10.5. The van der Waals surface area contributed by atoms with Gasteiger partial charge in [0.1, 0.15) is 48.0 Å². The van der Waals surface area contributed by atoms with Gasteiger partial charge in [-0.1, -0.05) is 96.1 Å². The number of aliphatic carboxylic acids is 2. The van der Waals surface area contributed by atoms with E-state index < -0.39 is 114 Å². The minimum absolute atomic E-state index is 0.0282. The van der Waals surface area contributed by atoms with Gasteiger partial charge >= 0.3 is 11.9 Å². The van der Waals surface area contributed by atoms with Crippen molar-refractivity contribution in [1.29, 1.82) is 0 Å². The molecule has 3 aromatic carbocycles. The molecule has 0 radical (unpaired) electrons. The number of para-hydroxylation sites is 1. The molecule has 0 aliphatic carbocycles. The first kappa shape index (κ1) is 58.7. The number of carbonyl (C=O) groups excluding carboxylic acids is 7. The average Bonchev–Trinajstić information content (AvgIpc) is 3.79. The summed E-state index contributed by atoms with van der Waals surface area (Å²) >= 11 is 0. The number of carbonyl (C=O) groups is 9. The van der Waals surface area contributed by atoms with Crippen molar-refractivity contribution in [2.24, 2.45) is 17.4 Å². The van der Waals surface area contributed by atoms with Crippen LogP contribution in [-0.2, 0) is 62.4 Å². The van der Waals surface area contributed by atoms with Crippen LogP contribution in [0.25, 0.3) is 10.9 Å². The fraction of sp³-hybridized carbons (Fsp3) is 0.431. The molecule has 4 aromatic rings. The van der Waals surface area contributed by atoms with Gasteiger partial charge < -0.3 is 68.6 Å². The molecule has 7 amide bonds. The number of benzene rings is 3. The number of nitrogens with one attached hydrogen (secondary N) is 7. The quantitative estimate of drug-likeness (QED) is 0.0482. The Kier molecular flexibility index (Phi) is 22.3. The van der Waals surface area contributed by atoms with E-state index in [4.69, 9.17) is 11.5 Å². The molecule has 14 N–H and O–H groups in total. The smallest absolute Gasteiger partial charge is 0.326 e. The Hall–Kier alpha value is -7.15. The lowest BCUT2D eigenvalue weighted by molar-refractivity contribution is -0.143. The third kappa shape index (κ3) is 17.5. The van der Waals surface area contributed by atoms with E-state index in [1.807, 2.05) is 24.3 Å². The Morgan fingerprint density at radius 1 is 0.747 bits per heavy atom. The van der Waals surface area contributed by atoms with Crippen LogP contribution in [0.3, 0.4) is 0 Å². The van der Waals surface area contributed by atoms with Crippen LogP contribution in [0, 0.1) is 5.92 Å². The number of aromatic nitrogens is 1. The zero-order valence-electron chi connectivity index (χ0n) is 41.8. The van der Waals surface area contributed by atoms with E-state index in [0.717, 1.165) is 32.5 Å². The van der Waals surface area contributed by atoms with Gasteiger partial charge in [0.15, 0.2) is 0 Å². The van der Waals surface area contributed by atoms with Crippen molar-refractivity contribution >= 4 is 85.8 Å². The standard InChI is InChI=1S/C51H66N10O12S2/c1-28(2)43(51(72)73)60-48(69)40-27-75-74-26-39(58-44(65)34(53)24-42(63)64)47(68)57-38(22-29-11-5-4-6-12-29)50(71)61(3)41(23-31-25-54-35-14-8-7-13-33(31)35)49(70)55-36(15-9-10-20-52)45(66)56-37(46(67)59-40)21-30-16-18-32(62)19-17-30/h4-8,11-14,16-19,25,28,34,36-41,43,54,62H,9-10,15,20-24,26-27,52-53H2,1-3H3,(H,55,70)(H,56,66)(H,57,68)(H,58,65)(H,59,67)(H,60,69)(H,63,64)(H,72,73)/t34-,36-,37-,38-,39-,40-,41-,43-/m0/s1. The highest BCUT2D eigenvalue weighted by Gasteiger charge is 2.38. The van der Waals surface area contributed by atoms with Gasteiger partial charge in [-0.15, -0.1) is 0 Å². The molecule has 2 heterocycles. The van der Waals surface area contributed by atoms with Crippen molar-refractivity contribution in [2.45, 2.75) is 107 Å². The number of likely N-dealkylation sites (N-methyl/N-ethyl adjacent to an activating group) is 1. The zero-order valence-corrected chi connectivity index (χ0v) is 43.4. The van der Waals surface area contributed by atoms with E-state index in [1.165, 1.54) is 36.2 Å². The van der Waals surface area contributed by atoms with Crippen LogP contribution >= 0.6 is 21.6 Å². The molecular weight excluding hydrogens is 1010 g/mol. The predicted molar refractivity (Wildman–Crippen MR) is 283 cm³/mol. The summed E-state index contributed by atoms with van der Waals surface area (Å²) in [6.45, 7) is 3.40. The summed E-state index contributed by atoms with van der Waals surface area (Å²) in [5, 5.41) is 46.1. The first-order valence-corrected chi connectivity index (χ1v) is 26.8. The number of phenols is 1. The van der Waals surface area contributed by atoms with Crippen molar-refractivity contribution in [2.75, 3.05) is 25.1 Å². The van der Waals surface area contributed by atoms with Gasteiger partial charge in [-0.25, -0.2) is 4.79 Å². The lowest BCUT2D eigenvalue weighted by Crippen LogP contribution is -2.61. The number of carboxylic acids is 2. The molecule has 1 aromatic heterocycles. The minimum Gasteiger partial charge on any atom is -0.508 e. The van der Waals surface area contributed by atoms with Crippen molar-refractivity contribution in [3.63, 3.8) is 0 Å². The number of phenolic OH excluding ortho intramolecular Hbond substituents is 1. The third-order valence-electron chi connectivity index (χ3n) is 12.5. The first-order valence-electron chi connectivity index (χ1n) is 24.4. The molecule has 1 saturated heterocycles. The Morgan fingerprint density at radius 2 is 1.36 bits per heavy atom. The topological polar surface area (TPSA) is 358 Å². The Labute approximate surface area is 441 Å². The van der Waals surface area contributed by atoms with Gasteiger partial charge in [0, 0.05) is 54.9 Å². The molecule has 24 heteroatoms. The SMILES string of the molecule is CC(C)[C@H](NC(=O)[C@@H]1CSSC[C@H](NC(=O)[C@@H](N)CC(=O)O)C(=O)N[C@@H](Cc2ccccc2)C(=O)N(C)[C@@H](Cc2c[nH]c3ccccc23)C(=O)N[C@@H](CCCCN)C(=O)N[C@@H](Cc2ccc(O)cc2)C(=O)N1)C(=O)O. The van der Waals surface area contributed by atoms with E-state index in [-0.39, 0.29) is 49.5 Å². The average molecular weight is 1080 g/mol. The summed E-state index contributed by atoms with van der Waals surface area (Å²) in [6, 6.07) is 10.3. The highest BCUT2D eigenvalue weighted by atomic mass is 33.1. The third-order valence-corrected chi connectivity index (χ3v) is 14.9. The summed E-state index contributed by atoms with van der Waals surface area (Å²) < 4.78 is 0. The fourth-order valence-electron chi connectivity index (χ4n) is 8.21. The Balaban J connectivity index is 1.64.